The number of rotatable bonds is 5. The summed E-state index contributed by atoms with van der Waals surface area (Å²) in [4.78, 5) is 22.5. The zero-order chi connectivity index (χ0) is 20.7. The van der Waals surface area contributed by atoms with Crippen molar-refractivity contribution in [1.82, 2.24) is 0 Å². The maximum absolute atomic E-state index is 11.8. The first-order valence-electron chi connectivity index (χ1n) is 10.3. The van der Waals surface area contributed by atoms with Crippen molar-refractivity contribution in [3.8, 4) is 0 Å². The van der Waals surface area contributed by atoms with Gasteiger partial charge in [0.1, 0.15) is 6.42 Å². The number of carbonyl (C=O) groups excluding carboxylic acids is 1. The molecule has 1 aromatic rings. The molecule has 2 N–H and O–H groups in total. The number of hydrogen-bond donors (Lipinski definition) is 2. The summed E-state index contributed by atoms with van der Waals surface area (Å²) in [6.45, 7) is 8.83. The Balaban J connectivity index is 1.90. The monoisotopic (exact) mass is 388 g/mol. The highest BCUT2D eigenvalue weighted by molar-refractivity contribution is 5.90. The van der Waals surface area contributed by atoms with Crippen LogP contribution >= 0.6 is 0 Å². The Bertz CT molecular complexity index is 770. The Morgan fingerprint density at radius 3 is 2.61 bits per heavy atom. The topological polar surface area (TPSA) is 83.8 Å². The van der Waals surface area contributed by atoms with E-state index in [4.69, 9.17) is 9.84 Å². The van der Waals surface area contributed by atoms with Gasteiger partial charge in [-0.15, -0.1) is 0 Å². The van der Waals surface area contributed by atoms with E-state index in [-0.39, 0.29) is 17.9 Å². The third-order valence-corrected chi connectivity index (χ3v) is 7.18. The summed E-state index contributed by atoms with van der Waals surface area (Å²) in [5.74, 6) is -1.24. The van der Waals surface area contributed by atoms with Gasteiger partial charge in [-0.3, -0.25) is 9.59 Å². The number of aliphatic hydroxyl groups is 1. The lowest BCUT2D eigenvalue weighted by molar-refractivity contribution is -0.158. The van der Waals surface area contributed by atoms with E-state index in [9.17, 15) is 14.7 Å². The molecular formula is C23H32O5. The van der Waals surface area contributed by atoms with Crippen molar-refractivity contribution in [3.63, 3.8) is 0 Å². The van der Waals surface area contributed by atoms with Gasteiger partial charge in [0.15, 0.2) is 0 Å². The molecule has 0 amide bonds. The van der Waals surface area contributed by atoms with Crippen LogP contribution in [0.3, 0.4) is 0 Å². The maximum atomic E-state index is 11.8. The van der Waals surface area contributed by atoms with E-state index in [2.05, 4.69) is 45.9 Å². The molecule has 154 valence electrons. The number of carboxylic acids is 1. The molecule has 0 aromatic heterocycles. The molecule has 3 rings (SSSR count). The number of benzene rings is 1. The van der Waals surface area contributed by atoms with Crippen LogP contribution in [-0.2, 0) is 26.2 Å². The first kappa shape index (κ1) is 20.8. The minimum atomic E-state index is -1.17. The molecule has 0 aliphatic heterocycles. The molecule has 0 heterocycles. The Hall–Kier alpha value is -1.88. The summed E-state index contributed by atoms with van der Waals surface area (Å²) in [6.07, 6.45) is 2.22. The molecule has 0 spiro atoms. The Kier molecular flexibility index (Phi) is 5.59. The third-order valence-electron chi connectivity index (χ3n) is 7.18. The maximum Gasteiger partial charge on any atom is 0.317 e. The highest BCUT2D eigenvalue weighted by Crippen LogP contribution is 2.57. The van der Waals surface area contributed by atoms with Gasteiger partial charge in [-0.05, 0) is 54.2 Å². The van der Waals surface area contributed by atoms with Crippen molar-refractivity contribution in [2.45, 2.75) is 77.2 Å². The van der Waals surface area contributed by atoms with Gasteiger partial charge in [0.05, 0.1) is 12.7 Å². The number of carboxylic acid groups (broad SMARTS) is 1. The molecule has 5 heteroatoms. The van der Waals surface area contributed by atoms with Crippen molar-refractivity contribution in [2.75, 3.05) is 6.61 Å². The van der Waals surface area contributed by atoms with Crippen LogP contribution in [0.15, 0.2) is 18.2 Å². The average molecular weight is 389 g/mol. The number of fused-ring (bicyclic) bond motifs is 3. The molecule has 1 saturated carbocycles. The van der Waals surface area contributed by atoms with E-state index in [1.165, 1.54) is 16.7 Å². The van der Waals surface area contributed by atoms with Crippen molar-refractivity contribution in [3.05, 3.63) is 34.9 Å². The minimum Gasteiger partial charge on any atom is -0.481 e. The normalized spacial score (nSPS) is 31.8. The van der Waals surface area contributed by atoms with Crippen molar-refractivity contribution >= 4 is 11.9 Å². The molecule has 28 heavy (non-hydrogen) atoms. The Labute approximate surface area is 167 Å². The third kappa shape index (κ3) is 3.57. The minimum absolute atomic E-state index is 0.166. The number of aliphatic hydroxyl groups excluding tert-OH is 1. The van der Waals surface area contributed by atoms with Crippen LogP contribution in [0.2, 0.25) is 0 Å². The summed E-state index contributed by atoms with van der Waals surface area (Å²) in [5.41, 5.74) is 3.17. The largest absolute Gasteiger partial charge is 0.481 e. The standard InChI is InChI=1S/C23H32O5/c1-14(2)15-5-7-17-16(11-15)6-8-18-22(3,10-9-19(24)23(17,18)4)13-28-21(27)12-20(25)26/h5,7,11,14,18-19,24H,6,8-10,12-13H2,1-4H3,(H,25,26)/t18-,19-,22-,23+/m0/s1. The van der Waals surface area contributed by atoms with E-state index >= 15 is 0 Å². The molecule has 4 atom stereocenters. The lowest BCUT2D eigenvalue weighted by atomic mass is 9.49. The molecule has 0 saturated heterocycles. The van der Waals surface area contributed by atoms with Crippen LogP contribution in [0.25, 0.3) is 0 Å². The van der Waals surface area contributed by atoms with Gasteiger partial charge < -0.3 is 14.9 Å². The van der Waals surface area contributed by atoms with Crippen molar-refractivity contribution in [2.24, 2.45) is 11.3 Å². The molecule has 1 aromatic carbocycles. The molecule has 2 aliphatic rings. The second-order valence-corrected chi connectivity index (χ2v) is 9.38. The van der Waals surface area contributed by atoms with Crippen LogP contribution in [-0.4, -0.2) is 34.9 Å². The smallest absolute Gasteiger partial charge is 0.317 e. The van der Waals surface area contributed by atoms with Gasteiger partial charge >= 0.3 is 11.9 Å². The van der Waals surface area contributed by atoms with E-state index in [0.29, 0.717) is 12.3 Å². The number of aliphatic carboxylic acids is 1. The summed E-state index contributed by atoms with van der Waals surface area (Å²) in [6, 6.07) is 6.64. The second kappa shape index (κ2) is 7.51. The Morgan fingerprint density at radius 1 is 1.25 bits per heavy atom. The fourth-order valence-electron chi connectivity index (χ4n) is 5.51. The summed E-state index contributed by atoms with van der Waals surface area (Å²) in [5, 5.41) is 19.8. The van der Waals surface area contributed by atoms with Crippen LogP contribution in [0, 0.1) is 11.3 Å². The van der Waals surface area contributed by atoms with Gasteiger partial charge in [-0.1, -0.05) is 45.9 Å². The summed E-state index contributed by atoms with van der Waals surface area (Å²) < 4.78 is 5.36. The van der Waals surface area contributed by atoms with Gasteiger partial charge in [-0.2, -0.15) is 0 Å². The second-order valence-electron chi connectivity index (χ2n) is 9.38. The van der Waals surface area contributed by atoms with E-state index in [0.717, 1.165) is 19.3 Å². The molecule has 0 radical (unpaired) electrons. The summed E-state index contributed by atoms with van der Waals surface area (Å²) >= 11 is 0. The van der Waals surface area contributed by atoms with Crippen molar-refractivity contribution < 1.29 is 24.5 Å². The fraction of sp³-hybridized carbons (Fsp3) is 0.652. The van der Waals surface area contributed by atoms with Crippen LogP contribution in [0.4, 0.5) is 0 Å². The zero-order valence-electron chi connectivity index (χ0n) is 17.3. The molecule has 0 unspecified atom stereocenters. The number of esters is 1. The van der Waals surface area contributed by atoms with E-state index < -0.39 is 29.9 Å². The lowest BCUT2D eigenvalue weighted by Gasteiger charge is -2.57. The highest BCUT2D eigenvalue weighted by Gasteiger charge is 2.56. The molecule has 1 fully saturated rings. The predicted molar refractivity (Wildman–Crippen MR) is 106 cm³/mol. The average Bonchev–Trinajstić information content (AvgIpc) is 2.63. The predicted octanol–water partition coefficient (Wildman–Crippen LogP) is 3.81. The zero-order valence-corrected chi connectivity index (χ0v) is 17.3. The quantitative estimate of drug-likeness (QED) is 0.592. The number of carbonyl (C=O) groups is 2. The molecule has 5 nitrogen and oxygen atoms in total. The molecule has 2 aliphatic carbocycles. The number of aryl methyl sites for hydroxylation is 1. The van der Waals surface area contributed by atoms with Crippen LogP contribution in [0.5, 0.6) is 0 Å². The van der Waals surface area contributed by atoms with Gasteiger partial charge in [0.25, 0.3) is 0 Å². The first-order chi connectivity index (χ1) is 13.1. The van der Waals surface area contributed by atoms with Gasteiger partial charge in [0.2, 0.25) is 0 Å². The van der Waals surface area contributed by atoms with E-state index in [1.807, 2.05) is 0 Å². The van der Waals surface area contributed by atoms with Crippen molar-refractivity contribution in [1.29, 1.82) is 0 Å². The summed E-state index contributed by atoms with van der Waals surface area (Å²) in [7, 11) is 0. The van der Waals surface area contributed by atoms with Crippen LogP contribution in [0.1, 0.15) is 76.0 Å². The van der Waals surface area contributed by atoms with E-state index in [1.54, 1.807) is 0 Å². The number of ether oxygens (including phenoxy) is 1. The highest BCUT2D eigenvalue weighted by atomic mass is 16.5. The van der Waals surface area contributed by atoms with Gasteiger partial charge in [0, 0.05) is 10.8 Å². The Morgan fingerprint density at radius 2 is 1.96 bits per heavy atom. The lowest BCUT2D eigenvalue weighted by Crippen LogP contribution is -2.57. The fourth-order valence-corrected chi connectivity index (χ4v) is 5.51. The van der Waals surface area contributed by atoms with Crippen LogP contribution < -0.4 is 0 Å². The SMILES string of the molecule is CC(C)c1ccc2c(c1)CC[C@H]1[C@](C)(COC(=O)CC(=O)O)CC[C@H](O)[C@]21C. The number of hydrogen-bond acceptors (Lipinski definition) is 4. The molecular weight excluding hydrogens is 356 g/mol. The van der Waals surface area contributed by atoms with Gasteiger partial charge in [-0.25, -0.2) is 0 Å². The molecule has 0 bridgehead atoms. The first-order valence-corrected chi connectivity index (χ1v) is 10.3.